The molecule has 4 N–H and O–H groups in total. The van der Waals surface area contributed by atoms with E-state index in [0.717, 1.165) is 11.6 Å². The van der Waals surface area contributed by atoms with Crippen LogP contribution in [0.1, 0.15) is 15.9 Å². The monoisotopic (exact) mass is 265 g/mol. The minimum absolute atomic E-state index is 0.0790. The lowest BCUT2D eigenvalue weighted by molar-refractivity contribution is -0.117. The molecule has 2 rings (SSSR count). The zero-order chi connectivity index (χ0) is 13.1. The molecule has 1 aliphatic heterocycles. The van der Waals surface area contributed by atoms with Gasteiger partial charge in [0.15, 0.2) is 0 Å². The number of carbonyl (C=O) groups excluding carboxylic acids is 2. The zero-order valence-electron chi connectivity index (χ0n) is 10.0. The molecule has 1 saturated heterocycles. The molecular formula is C12H15N3O2S. The SMILES string of the molecule is Cc1c(NC(=O)C2CSCN2)cccc1C(N)=O. The molecule has 18 heavy (non-hydrogen) atoms. The lowest BCUT2D eigenvalue weighted by atomic mass is 10.1. The van der Waals surface area contributed by atoms with E-state index in [-0.39, 0.29) is 11.9 Å². The third-order valence-corrected chi connectivity index (χ3v) is 3.83. The van der Waals surface area contributed by atoms with E-state index in [2.05, 4.69) is 10.6 Å². The van der Waals surface area contributed by atoms with Crippen molar-refractivity contribution in [3.8, 4) is 0 Å². The van der Waals surface area contributed by atoms with Crippen molar-refractivity contribution in [3.05, 3.63) is 29.3 Å². The summed E-state index contributed by atoms with van der Waals surface area (Å²) >= 11 is 1.69. The second-order valence-electron chi connectivity index (χ2n) is 4.10. The van der Waals surface area contributed by atoms with E-state index in [1.165, 1.54) is 0 Å². The first kappa shape index (κ1) is 12.9. The first-order valence-electron chi connectivity index (χ1n) is 5.61. The number of nitrogens with one attached hydrogen (secondary N) is 2. The highest BCUT2D eigenvalue weighted by Crippen LogP contribution is 2.19. The van der Waals surface area contributed by atoms with E-state index in [1.807, 2.05) is 0 Å². The first-order valence-corrected chi connectivity index (χ1v) is 6.76. The largest absolute Gasteiger partial charge is 0.366 e. The molecule has 0 radical (unpaired) electrons. The van der Waals surface area contributed by atoms with Gasteiger partial charge in [0.1, 0.15) is 0 Å². The Bertz CT molecular complexity index is 484. The smallest absolute Gasteiger partial charge is 0.249 e. The molecule has 2 amide bonds. The molecule has 0 aliphatic carbocycles. The summed E-state index contributed by atoms with van der Waals surface area (Å²) < 4.78 is 0. The molecule has 96 valence electrons. The third-order valence-electron chi connectivity index (χ3n) is 2.89. The summed E-state index contributed by atoms with van der Waals surface area (Å²) in [6, 6.07) is 4.95. The number of amides is 2. The number of hydrogen-bond donors (Lipinski definition) is 3. The predicted octanol–water partition coefficient (Wildman–Crippen LogP) is 0.695. The number of thioether (sulfide) groups is 1. The summed E-state index contributed by atoms with van der Waals surface area (Å²) in [4.78, 5) is 23.2. The topological polar surface area (TPSA) is 84.2 Å². The Morgan fingerprint density at radius 1 is 1.50 bits per heavy atom. The lowest BCUT2D eigenvalue weighted by Gasteiger charge is -2.13. The predicted molar refractivity (Wildman–Crippen MR) is 72.6 cm³/mol. The molecule has 0 spiro atoms. The van der Waals surface area contributed by atoms with Crippen molar-refractivity contribution in [2.45, 2.75) is 13.0 Å². The second-order valence-corrected chi connectivity index (χ2v) is 5.13. The van der Waals surface area contributed by atoms with E-state index in [0.29, 0.717) is 16.8 Å². The van der Waals surface area contributed by atoms with Crippen molar-refractivity contribution in [3.63, 3.8) is 0 Å². The van der Waals surface area contributed by atoms with E-state index < -0.39 is 5.91 Å². The highest BCUT2D eigenvalue weighted by Gasteiger charge is 2.23. The minimum Gasteiger partial charge on any atom is -0.366 e. The van der Waals surface area contributed by atoms with Crippen molar-refractivity contribution in [1.29, 1.82) is 0 Å². The molecular weight excluding hydrogens is 250 g/mol. The summed E-state index contributed by atoms with van der Waals surface area (Å²) in [6.07, 6.45) is 0. The molecule has 0 saturated carbocycles. The summed E-state index contributed by atoms with van der Waals surface area (Å²) in [7, 11) is 0. The average Bonchev–Trinajstić information content (AvgIpc) is 2.85. The van der Waals surface area contributed by atoms with Gasteiger partial charge in [0.25, 0.3) is 0 Å². The number of rotatable bonds is 3. The van der Waals surface area contributed by atoms with Crippen LogP contribution in [0.4, 0.5) is 5.69 Å². The molecule has 1 heterocycles. The van der Waals surface area contributed by atoms with Crippen LogP contribution >= 0.6 is 11.8 Å². The number of hydrogen-bond acceptors (Lipinski definition) is 4. The van der Waals surface area contributed by atoms with E-state index in [4.69, 9.17) is 5.73 Å². The Balaban J connectivity index is 2.16. The maximum Gasteiger partial charge on any atom is 0.249 e. The summed E-state index contributed by atoms with van der Waals surface area (Å²) in [6.45, 7) is 1.77. The van der Waals surface area contributed by atoms with Gasteiger partial charge in [0, 0.05) is 22.9 Å². The van der Waals surface area contributed by atoms with E-state index in [9.17, 15) is 9.59 Å². The van der Waals surface area contributed by atoms with E-state index >= 15 is 0 Å². The highest BCUT2D eigenvalue weighted by atomic mass is 32.2. The van der Waals surface area contributed by atoms with Crippen molar-refractivity contribution in [2.75, 3.05) is 16.9 Å². The van der Waals surface area contributed by atoms with Gasteiger partial charge in [-0.05, 0) is 24.6 Å². The maximum absolute atomic E-state index is 11.9. The normalized spacial score (nSPS) is 18.6. The number of carbonyl (C=O) groups is 2. The average molecular weight is 265 g/mol. The molecule has 6 heteroatoms. The maximum atomic E-state index is 11.9. The van der Waals surface area contributed by atoms with Crippen molar-refractivity contribution in [1.82, 2.24) is 5.32 Å². The van der Waals surface area contributed by atoms with Crippen LogP contribution in [0, 0.1) is 6.92 Å². The molecule has 1 fully saturated rings. The number of anilines is 1. The molecule has 1 atom stereocenters. The van der Waals surface area contributed by atoms with Crippen LogP contribution in [0.25, 0.3) is 0 Å². The zero-order valence-corrected chi connectivity index (χ0v) is 10.8. The Labute approximate surface area is 110 Å². The van der Waals surface area contributed by atoms with Crippen molar-refractivity contribution < 1.29 is 9.59 Å². The van der Waals surface area contributed by atoms with Crippen LogP contribution in [0.2, 0.25) is 0 Å². The van der Waals surface area contributed by atoms with Gasteiger partial charge in [-0.2, -0.15) is 0 Å². The Hall–Kier alpha value is -1.53. The Kier molecular flexibility index (Phi) is 3.88. The standard InChI is InChI=1S/C12H15N3O2S/c1-7-8(11(13)16)3-2-4-9(7)15-12(17)10-5-18-6-14-10/h2-4,10,14H,5-6H2,1H3,(H2,13,16)(H,15,17). The fourth-order valence-electron chi connectivity index (χ4n) is 1.82. The first-order chi connectivity index (χ1) is 8.59. The molecule has 5 nitrogen and oxygen atoms in total. The third kappa shape index (κ3) is 2.65. The van der Waals surface area contributed by atoms with Crippen LogP contribution in [0.5, 0.6) is 0 Å². The molecule has 1 aliphatic rings. The van der Waals surface area contributed by atoms with Crippen LogP contribution < -0.4 is 16.4 Å². The van der Waals surface area contributed by atoms with Crippen molar-refractivity contribution in [2.24, 2.45) is 5.73 Å². The molecule has 1 aromatic rings. The second kappa shape index (κ2) is 5.41. The minimum atomic E-state index is -0.488. The Morgan fingerprint density at radius 2 is 2.28 bits per heavy atom. The number of benzene rings is 1. The summed E-state index contributed by atoms with van der Waals surface area (Å²) in [5.74, 6) is 0.988. The van der Waals surface area contributed by atoms with Gasteiger partial charge in [0.2, 0.25) is 11.8 Å². The quantitative estimate of drug-likeness (QED) is 0.751. The van der Waals surface area contributed by atoms with E-state index in [1.54, 1.807) is 36.9 Å². The van der Waals surface area contributed by atoms with Crippen LogP contribution in [0.3, 0.4) is 0 Å². The van der Waals surface area contributed by atoms with Gasteiger partial charge >= 0.3 is 0 Å². The molecule has 0 aromatic heterocycles. The van der Waals surface area contributed by atoms with Crippen LogP contribution in [0.15, 0.2) is 18.2 Å². The molecule has 0 bridgehead atoms. The fraction of sp³-hybridized carbons (Fsp3) is 0.333. The van der Waals surface area contributed by atoms with Crippen LogP contribution in [-0.2, 0) is 4.79 Å². The van der Waals surface area contributed by atoms with Gasteiger partial charge in [-0.25, -0.2) is 0 Å². The van der Waals surface area contributed by atoms with Gasteiger partial charge in [-0.1, -0.05) is 6.07 Å². The van der Waals surface area contributed by atoms with Gasteiger partial charge in [-0.15, -0.1) is 11.8 Å². The molecule has 1 unspecified atom stereocenters. The van der Waals surface area contributed by atoms with Gasteiger partial charge < -0.3 is 11.1 Å². The van der Waals surface area contributed by atoms with Crippen LogP contribution in [-0.4, -0.2) is 29.5 Å². The molecule has 1 aromatic carbocycles. The summed E-state index contributed by atoms with van der Waals surface area (Å²) in [5, 5.41) is 5.92. The lowest BCUT2D eigenvalue weighted by Crippen LogP contribution is -2.37. The Morgan fingerprint density at radius 3 is 2.89 bits per heavy atom. The van der Waals surface area contributed by atoms with Gasteiger partial charge in [-0.3, -0.25) is 14.9 Å². The number of primary amides is 1. The number of nitrogens with two attached hydrogens (primary N) is 1. The van der Waals surface area contributed by atoms with Crippen molar-refractivity contribution >= 4 is 29.3 Å². The van der Waals surface area contributed by atoms with Gasteiger partial charge in [0.05, 0.1) is 6.04 Å². The fourth-order valence-corrected chi connectivity index (χ4v) is 2.76. The summed E-state index contributed by atoms with van der Waals surface area (Å²) in [5.41, 5.74) is 7.03. The highest BCUT2D eigenvalue weighted by molar-refractivity contribution is 7.99.